The maximum atomic E-state index is 10.1. The summed E-state index contributed by atoms with van der Waals surface area (Å²) in [7, 11) is 0. The minimum atomic E-state index is -0.708. The molecule has 1 amide bonds. The molecular formula is C7H9NO2. The molecule has 0 radical (unpaired) electrons. The summed E-state index contributed by atoms with van der Waals surface area (Å²) >= 11 is 0. The van der Waals surface area contributed by atoms with Crippen molar-refractivity contribution in [2.75, 3.05) is 0 Å². The predicted octanol–water partition coefficient (Wildman–Crippen LogP) is 0.494. The Bertz CT molecular complexity index is 177. The van der Waals surface area contributed by atoms with Gasteiger partial charge in [0, 0.05) is 5.92 Å². The SMILES string of the molecule is C#C[C@H]1C[C@@H](OC(N)=O)C1. The van der Waals surface area contributed by atoms with Crippen LogP contribution in [0.3, 0.4) is 0 Å². The Morgan fingerprint density at radius 1 is 1.70 bits per heavy atom. The summed E-state index contributed by atoms with van der Waals surface area (Å²) < 4.78 is 4.66. The van der Waals surface area contributed by atoms with E-state index in [0.717, 1.165) is 12.8 Å². The van der Waals surface area contributed by atoms with E-state index in [4.69, 9.17) is 12.2 Å². The van der Waals surface area contributed by atoms with Crippen LogP contribution in [0.2, 0.25) is 0 Å². The molecule has 0 unspecified atom stereocenters. The molecule has 1 fully saturated rings. The van der Waals surface area contributed by atoms with Crippen molar-refractivity contribution >= 4 is 6.09 Å². The Labute approximate surface area is 59.5 Å². The first-order chi connectivity index (χ1) is 4.72. The van der Waals surface area contributed by atoms with Gasteiger partial charge in [0.25, 0.3) is 0 Å². The van der Waals surface area contributed by atoms with E-state index in [1.807, 2.05) is 0 Å². The van der Waals surface area contributed by atoms with E-state index in [0.29, 0.717) is 0 Å². The highest BCUT2D eigenvalue weighted by atomic mass is 16.6. The van der Waals surface area contributed by atoms with Crippen LogP contribution in [0, 0.1) is 18.3 Å². The zero-order valence-electron chi connectivity index (χ0n) is 5.54. The van der Waals surface area contributed by atoms with Gasteiger partial charge in [0.15, 0.2) is 0 Å². The molecule has 0 saturated heterocycles. The molecule has 3 nitrogen and oxygen atoms in total. The highest BCUT2D eigenvalue weighted by Crippen LogP contribution is 2.28. The van der Waals surface area contributed by atoms with Crippen LogP contribution in [-0.2, 0) is 4.74 Å². The van der Waals surface area contributed by atoms with Gasteiger partial charge >= 0.3 is 6.09 Å². The van der Waals surface area contributed by atoms with Crippen molar-refractivity contribution in [1.82, 2.24) is 0 Å². The van der Waals surface area contributed by atoms with Gasteiger partial charge in [0.1, 0.15) is 6.10 Å². The van der Waals surface area contributed by atoms with Crippen LogP contribution in [-0.4, -0.2) is 12.2 Å². The largest absolute Gasteiger partial charge is 0.446 e. The third kappa shape index (κ3) is 1.41. The van der Waals surface area contributed by atoms with Crippen molar-refractivity contribution < 1.29 is 9.53 Å². The number of carbonyl (C=O) groups is 1. The standard InChI is InChI=1S/C7H9NO2/c1-2-5-3-6(4-5)10-7(8)9/h1,5-6H,3-4H2,(H2,8,9)/t5-,6+. The average Bonchev–Trinajstić information content (AvgIpc) is 1.76. The Balaban J connectivity index is 2.16. The van der Waals surface area contributed by atoms with Crippen LogP contribution in [0.1, 0.15) is 12.8 Å². The molecule has 0 bridgehead atoms. The van der Waals surface area contributed by atoms with Gasteiger partial charge < -0.3 is 10.5 Å². The maximum Gasteiger partial charge on any atom is 0.404 e. The Kier molecular flexibility index (Phi) is 1.81. The highest BCUT2D eigenvalue weighted by Gasteiger charge is 2.29. The fourth-order valence-corrected chi connectivity index (χ4v) is 0.962. The summed E-state index contributed by atoms with van der Waals surface area (Å²) in [6.45, 7) is 0. The predicted molar refractivity (Wildman–Crippen MR) is 36.0 cm³/mol. The lowest BCUT2D eigenvalue weighted by Crippen LogP contribution is -2.34. The third-order valence-corrected chi connectivity index (χ3v) is 1.61. The van der Waals surface area contributed by atoms with Crippen LogP contribution in [0.4, 0.5) is 4.79 Å². The monoisotopic (exact) mass is 139 g/mol. The number of primary amides is 1. The van der Waals surface area contributed by atoms with Crippen molar-refractivity contribution in [3.63, 3.8) is 0 Å². The molecular weight excluding hydrogens is 130 g/mol. The molecule has 0 atom stereocenters. The minimum absolute atomic E-state index is 0.0291. The Morgan fingerprint density at radius 2 is 2.30 bits per heavy atom. The number of ether oxygens (including phenoxy) is 1. The molecule has 1 saturated carbocycles. The maximum absolute atomic E-state index is 10.1. The van der Waals surface area contributed by atoms with Gasteiger partial charge in [0.2, 0.25) is 0 Å². The zero-order valence-corrected chi connectivity index (χ0v) is 5.54. The van der Waals surface area contributed by atoms with Crippen LogP contribution in [0.5, 0.6) is 0 Å². The molecule has 0 aromatic carbocycles. The fourth-order valence-electron chi connectivity index (χ4n) is 0.962. The molecule has 0 heterocycles. The first-order valence-electron chi connectivity index (χ1n) is 3.14. The summed E-state index contributed by atoms with van der Waals surface area (Å²) in [6.07, 6.45) is 5.89. The molecule has 0 aromatic heterocycles. The van der Waals surface area contributed by atoms with E-state index in [1.165, 1.54) is 0 Å². The second-order valence-corrected chi connectivity index (χ2v) is 2.39. The van der Waals surface area contributed by atoms with Crippen LogP contribution >= 0.6 is 0 Å². The van der Waals surface area contributed by atoms with Gasteiger partial charge in [-0.2, -0.15) is 0 Å². The molecule has 2 N–H and O–H groups in total. The highest BCUT2D eigenvalue weighted by molar-refractivity contribution is 5.64. The van der Waals surface area contributed by atoms with Gasteiger partial charge in [-0.3, -0.25) is 0 Å². The summed E-state index contributed by atoms with van der Waals surface area (Å²) in [5, 5.41) is 0. The molecule has 10 heavy (non-hydrogen) atoms. The lowest BCUT2D eigenvalue weighted by Gasteiger charge is -2.30. The van der Waals surface area contributed by atoms with Gasteiger partial charge in [-0.15, -0.1) is 12.3 Å². The molecule has 0 aromatic rings. The van der Waals surface area contributed by atoms with Gasteiger partial charge in [0.05, 0.1) is 0 Å². The normalized spacial score (nSPS) is 29.9. The summed E-state index contributed by atoms with van der Waals surface area (Å²) in [5.74, 6) is 2.85. The summed E-state index contributed by atoms with van der Waals surface area (Å²) in [4.78, 5) is 10.1. The number of hydrogen-bond acceptors (Lipinski definition) is 2. The molecule has 0 aliphatic heterocycles. The summed E-state index contributed by atoms with van der Waals surface area (Å²) in [5.41, 5.74) is 4.78. The second kappa shape index (κ2) is 2.61. The minimum Gasteiger partial charge on any atom is -0.446 e. The van der Waals surface area contributed by atoms with Crippen LogP contribution < -0.4 is 5.73 Å². The molecule has 1 aliphatic rings. The number of nitrogens with two attached hydrogens (primary N) is 1. The number of terminal acetylenes is 1. The second-order valence-electron chi connectivity index (χ2n) is 2.39. The molecule has 1 rings (SSSR count). The Morgan fingerprint density at radius 3 is 2.70 bits per heavy atom. The quantitative estimate of drug-likeness (QED) is 0.537. The molecule has 1 aliphatic carbocycles. The van der Waals surface area contributed by atoms with Crippen molar-refractivity contribution in [3.05, 3.63) is 0 Å². The molecule has 3 heteroatoms. The number of amides is 1. The zero-order chi connectivity index (χ0) is 7.56. The lowest BCUT2D eigenvalue weighted by molar-refractivity contribution is 0.0396. The van der Waals surface area contributed by atoms with Crippen molar-refractivity contribution in [2.45, 2.75) is 18.9 Å². The third-order valence-electron chi connectivity index (χ3n) is 1.61. The van der Waals surface area contributed by atoms with E-state index in [2.05, 4.69) is 10.7 Å². The average molecular weight is 139 g/mol. The van der Waals surface area contributed by atoms with Gasteiger partial charge in [-0.25, -0.2) is 4.79 Å². The first kappa shape index (κ1) is 6.94. The van der Waals surface area contributed by atoms with Crippen molar-refractivity contribution in [2.24, 2.45) is 11.7 Å². The van der Waals surface area contributed by atoms with E-state index in [1.54, 1.807) is 0 Å². The van der Waals surface area contributed by atoms with Crippen LogP contribution in [0.15, 0.2) is 0 Å². The molecule has 0 spiro atoms. The van der Waals surface area contributed by atoms with Gasteiger partial charge in [-0.1, -0.05) is 0 Å². The number of carbonyl (C=O) groups excluding carboxylic acids is 1. The summed E-state index contributed by atoms with van der Waals surface area (Å²) in [6, 6.07) is 0. The van der Waals surface area contributed by atoms with Crippen molar-refractivity contribution in [1.29, 1.82) is 0 Å². The number of rotatable bonds is 1. The fraction of sp³-hybridized carbons (Fsp3) is 0.571. The first-order valence-corrected chi connectivity index (χ1v) is 3.14. The topological polar surface area (TPSA) is 52.3 Å². The van der Waals surface area contributed by atoms with Crippen LogP contribution in [0.25, 0.3) is 0 Å². The Hall–Kier alpha value is -1.17. The van der Waals surface area contributed by atoms with E-state index >= 15 is 0 Å². The van der Waals surface area contributed by atoms with Gasteiger partial charge in [-0.05, 0) is 12.8 Å². The lowest BCUT2D eigenvalue weighted by atomic mass is 9.83. The van der Waals surface area contributed by atoms with E-state index < -0.39 is 6.09 Å². The molecule has 54 valence electrons. The smallest absolute Gasteiger partial charge is 0.404 e. The van der Waals surface area contributed by atoms with E-state index in [-0.39, 0.29) is 12.0 Å². The number of hydrogen-bond donors (Lipinski definition) is 1. The van der Waals surface area contributed by atoms with E-state index in [9.17, 15) is 4.79 Å². The van der Waals surface area contributed by atoms with Crippen molar-refractivity contribution in [3.8, 4) is 12.3 Å².